The Morgan fingerprint density at radius 3 is 2.47 bits per heavy atom. The van der Waals surface area contributed by atoms with Crippen LogP contribution in [0.4, 0.5) is 0 Å². The first-order valence-corrected chi connectivity index (χ1v) is 7.17. The molecule has 1 saturated heterocycles. The highest BCUT2D eigenvalue weighted by Crippen LogP contribution is 2.35. The first kappa shape index (κ1) is 14.3. The molecule has 1 amide bonds. The van der Waals surface area contributed by atoms with Crippen molar-refractivity contribution in [2.75, 3.05) is 13.1 Å². The van der Waals surface area contributed by atoms with E-state index in [1.54, 1.807) is 0 Å². The number of hydrogen-bond donors (Lipinski definition) is 3. The van der Waals surface area contributed by atoms with E-state index in [0.29, 0.717) is 0 Å². The van der Waals surface area contributed by atoms with Gasteiger partial charge in [-0.15, -0.1) is 0 Å². The van der Waals surface area contributed by atoms with E-state index in [1.165, 1.54) is 0 Å². The number of carbonyl (C=O) groups is 2. The average Bonchev–Trinajstić information content (AvgIpc) is 3.20. The molecule has 0 aromatic carbocycles. The molecule has 2 rings (SSSR count). The van der Waals surface area contributed by atoms with Gasteiger partial charge in [0.15, 0.2) is 0 Å². The minimum absolute atomic E-state index is 0.125. The lowest BCUT2D eigenvalue weighted by atomic mass is 9.74. The number of carboxylic acid groups (broad SMARTS) is 1. The fourth-order valence-electron chi connectivity index (χ4n) is 2.79. The van der Waals surface area contributed by atoms with Gasteiger partial charge in [-0.1, -0.05) is 13.8 Å². The van der Waals surface area contributed by atoms with Crippen LogP contribution in [-0.2, 0) is 9.59 Å². The third-order valence-corrected chi connectivity index (χ3v) is 4.55. The van der Waals surface area contributed by atoms with Crippen LogP contribution in [-0.4, -0.2) is 36.1 Å². The van der Waals surface area contributed by atoms with E-state index in [-0.39, 0.29) is 17.7 Å². The molecule has 0 radical (unpaired) electrons. The Balaban J connectivity index is 1.98. The summed E-state index contributed by atoms with van der Waals surface area (Å²) >= 11 is 0. The summed E-state index contributed by atoms with van der Waals surface area (Å²) in [4.78, 5) is 23.6. The number of amides is 1. The third-order valence-electron chi connectivity index (χ3n) is 4.55. The number of rotatable bonds is 5. The number of nitrogens with one attached hydrogen (secondary N) is 2. The topological polar surface area (TPSA) is 78.4 Å². The minimum atomic E-state index is -0.909. The number of piperidine rings is 1. The number of carboxylic acids is 1. The SMILES string of the molecule is CC(C)(C(=O)NC(C(=O)O)C1CC1)C1CCCNC1. The molecule has 2 atom stereocenters. The van der Waals surface area contributed by atoms with Crippen LogP contribution in [0.5, 0.6) is 0 Å². The van der Waals surface area contributed by atoms with E-state index in [2.05, 4.69) is 10.6 Å². The zero-order valence-electron chi connectivity index (χ0n) is 11.7. The Kier molecular flexibility index (Phi) is 4.13. The van der Waals surface area contributed by atoms with Crippen LogP contribution in [0.15, 0.2) is 0 Å². The van der Waals surface area contributed by atoms with Crippen molar-refractivity contribution >= 4 is 11.9 Å². The van der Waals surface area contributed by atoms with Gasteiger partial charge in [-0.05, 0) is 50.6 Å². The summed E-state index contributed by atoms with van der Waals surface area (Å²) in [5.41, 5.74) is -0.518. The van der Waals surface area contributed by atoms with Gasteiger partial charge in [-0.3, -0.25) is 4.79 Å². The van der Waals surface area contributed by atoms with Gasteiger partial charge in [0.05, 0.1) is 0 Å². The Hall–Kier alpha value is -1.10. The molecule has 3 N–H and O–H groups in total. The van der Waals surface area contributed by atoms with E-state index >= 15 is 0 Å². The zero-order chi connectivity index (χ0) is 14.0. The summed E-state index contributed by atoms with van der Waals surface area (Å²) in [5, 5.41) is 15.2. The molecule has 5 heteroatoms. The van der Waals surface area contributed by atoms with E-state index < -0.39 is 17.4 Å². The van der Waals surface area contributed by atoms with Gasteiger partial charge in [0, 0.05) is 5.41 Å². The van der Waals surface area contributed by atoms with Gasteiger partial charge < -0.3 is 15.7 Å². The second-order valence-electron chi connectivity index (χ2n) is 6.39. The molecular weight excluding hydrogens is 244 g/mol. The molecule has 0 aromatic rings. The highest BCUT2D eigenvalue weighted by molar-refractivity contribution is 5.87. The molecule has 108 valence electrons. The molecule has 5 nitrogen and oxygen atoms in total. The minimum Gasteiger partial charge on any atom is -0.480 e. The van der Waals surface area contributed by atoms with Crippen LogP contribution in [0.1, 0.15) is 39.5 Å². The van der Waals surface area contributed by atoms with E-state index in [9.17, 15) is 14.7 Å². The summed E-state index contributed by atoms with van der Waals surface area (Å²) in [7, 11) is 0. The van der Waals surface area contributed by atoms with Crippen molar-refractivity contribution in [2.45, 2.75) is 45.6 Å². The predicted octanol–water partition coefficient (Wildman–Crippen LogP) is 0.992. The van der Waals surface area contributed by atoms with Crippen LogP contribution < -0.4 is 10.6 Å². The van der Waals surface area contributed by atoms with E-state index in [1.807, 2.05) is 13.8 Å². The monoisotopic (exact) mass is 268 g/mol. The summed E-state index contributed by atoms with van der Waals surface area (Å²) in [5.74, 6) is -0.634. The number of aliphatic carboxylic acids is 1. The average molecular weight is 268 g/mol. The van der Waals surface area contributed by atoms with Crippen LogP contribution in [0.2, 0.25) is 0 Å². The maximum atomic E-state index is 12.4. The van der Waals surface area contributed by atoms with Crippen molar-refractivity contribution in [3.63, 3.8) is 0 Å². The van der Waals surface area contributed by atoms with Gasteiger partial charge in [0.25, 0.3) is 0 Å². The van der Waals surface area contributed by atoms with Crippen LogP contribution in [0.3, 0.4) is 0 Å². The van der Waals surface area contributed by atoms with Gasteiger partial charge in [0.2, 0.25) is 5.91 Å². The maximum Gasteiger partial charge on any atom is 0.326 e. The molecule has 0 spiro atoms. The molecule has 2 unspecified atom stereocenters. The maximum absolute atomic E-state index is 12.4. The fourth-order valence-corrected chi connectivity index (χ4v) is 2.79. The van der Waals surface area contributed by atoms with Crippen LogP contribution >= 0.6 is 0 Å². The first-order valence-electron chi connectivity index (χ1n) is 7.17. The summed E-state index contributed by atoms with van der Waals surface area (Å²) in [6, 6.07) is -0.705. The summed E-state index contributed by atoms with van der Waals surface area (Å²) < 4.78 is 0. The van der Waals surface area contributed by atoms with Crippen molar-refractivity contribution in [3.05, 3.63) is 0 Å². The zero-order valence-corrected chi connectivity index (χ0v) is 11.7. The lowest BCUT2D eigenvalue weighted by Crippen LogP contribution is -2.52. The van der Waals surface area contributed by atoms with E-state index in [4.69, 9.17) is 0 Å². The highest BCUT2D eigenvalue weighted by Gasteiger charge is 2.42. The standard InChI is InChI=1S/C14H24N2O3/c1-14(2,10-4-3-7-15-8-10)13(19)16-11(12(17)18)9-5-6-9/h9-11,15H,3-8H2,1-2H3,(H,16,19)(H,17,18). The van der Waals surface area contributed by atoms with Crippen molar-refractivity contribution in [1.82, 2.24) is 10.6 Å². The van der Waals surface area contributed by atoms with Gasteiger partial charge in [-0.2, -0.15) is 0 Å². The van der Waals surface area contributed by atoms with Crippen molar-refractivity contribution in [2.24, 2.45) is 17.3 Å². The second-order valence-corrected chi connectivity index (χ2v) is 6.39. The Morgan fingerprint density at radius 1 is 1.32 bits per heavy atom. The smallest absolute Gasteiger partial charge is 0.326 e. The molecular formula is C14H24N2O3. The fraction of sp³-hybridized carbons (Fsp3) is 0.857. The second kappa shape index (κ2) is 5.49. The normalized spacial score (nSPS) is 25.7. The number of carbonyl (C=O) groups excluding carboxylic acids is 1. The van der Waals surface area contributed by atoms with Crippen molar-refractivity contribution < 1.29 is 14.7 Å². The molecule has 1 aliphatic heterocycles. The van der Waals surface area contributed by atoms with E-state index in [0.717, 1.165) is 38.8 Å². The highest BCUT2D eigenvalue weighted by atomic mass is 16.4. The molecule has 0 aromatic heterocycles. The van der Waals surface area contributed by atoms with Crippen LogP contribution in [0, 0.1) is 17.3 Å². The Bertz CT molecular complexity index is 358. The molecule has 0 bridgehead atoms. The molecule has 1 heterocycles. The number of hydrogen-bond acceptors (Lipinski definition) is 3. The summed E-state index contributed by atoms with van der Waals surface area (Å²) in [6.07, 6.45) is 3.91. The predicted molar refractivity (Wildman–Crippen MR) is 71.7 cm³/mol. The van der Waals surface area contributed by atoms with Crippen LogP contribution in [0.25, 0.3) is 0 Å². The van der Waals surface area contributed by atoms with Crippen molar-refractivity contribution in [3.8, 4) is 0 Å². The molecule has 2 aliphatic rings. The van der Waals surface area contributed by atoms with Gasteiger partial charge in [-0.25, -0.2) is 4.79 Å². The first-order chi connectivity index (χ1) is 8.93. The summed E-state index contributed by atoms with van der Waals surface area (Å²) in [6.45, 7) is 5.69. The molecule has 1 saturated carbocycles. The van der Waals surface area contributed by atoms with Gasteiger partial charge in [0.1, 0.15) is 6.04 Å². The molecule has 1 aliphatic carbocycles. The van der Waals surface area contributed by atoms with Gasteiger partial charge >= 0.3 is 5.97 Å². The van der Waals surface area contributed by atoms with Crippen molar-refractivity contribution in [1.29, 1.82) is 0 Å². The lowest BCUT2D eigenvalue weighted by Gasteiger charge is -2.36. The molecule has 2 fully saturated rings. The quantitative estimate of drug-likeness (QED) is 0.695. The molecule has 19 heavy (non-hydrogen) atoms. The lowest BCUT2D eigenvalue weighted by molar-refractivity contribution is -0.145. The third kappa shape index (κ3) is 3.26. The largest absolute Gasteiger partial charge is 0.480 e. The Labute approximate surface area is 114 Å². The Morgan fingerprint density at radius 2 is 2.00 bits per heavy atom.